The topological polar surface area (TPSA) is 57.8 Å². The predicted octanol–water partition coefficient (Wildman–Crippen LogP) is -0.533. The second-order valence-corrected chi connectivity index (χ2v) is 5.97. The van der Waals surface area contributed by atoms with E-state index in [4.69, 9.17) is 12.2 Å². The number of hydrogen-bond acceptors (Lipinski definition) is 3. The second kappa shape index (κ2) is 5.17. The maximum Gasteiger partial charge on any atom is 0.388 e. The van der Waals surface area contributed by atoms with Gasteiger partial charge in [-0.05, 0) is 24.7 Å². The molecule has 0 spiro atoms. The maximum absolute atomic E-state index is 12.7. The highest BCUT2D eigenvalue weighted by Gasteiger charge is 2.53. The van der Waals surface area contributed by atoms with Crippen LogP contribution in [0.3, 0.4) is 0 Å². The molecule has 1 aromatic rings. The van der Waals surface area contributed by atoms with Crippen LogP contribution in [0.25, 0.3) is 0 Å². The molecular formula is C15H17N4O2S+. The summed E-state index contributed by atoms with van der Waals surface area (Å²) in [4.78, 5) is 32.5. The van der Waals surface area contributed by atoms with Gasteiger partial charge in [-0.3, -0.25) is 9.69 Å². The summed E-state index contributed by atoms with van der Waals surface area (Å²) in [5.41, 5.74) is 2.05. The maximum atomic E-state index is 12.7. The summed E-state index contributed by atoms with van der Waals surface area (Å²) in [5, 5.41) is 0.449. The van der Waals surface area contributed by atoms with Crippen molar-refractivity contribution in [2.24, 2.45) is 0 Å². The van der Waals surface area contributed by atoms with Crippen LogP contribution < -0.4 is 4.99 Å². The van der Waals surface area contributed by atoms with Crippen LogP contribution in [0.15, 0.2) is 24.3 Å². The largest absolute Gasteiger partial charge is 0.388 e. The van der Waals surface area contributed by atoms with Crippen LogP contribution in [0.2, 0.25) is 0 Å². The van der Waals surface area contributed by atoms with E-state index in [-0.39, 0.29) is 18.5 Å². The number of aryl methyl sites for hydroxylation is 1. The van der Waals surface area contributed by atoms with E-state index >= 15 is 0 Å². The van der Waals surface area contributed by atoms with E-state index < -0.39 is 6.04 Å². The Hall–Kier alpha value is -2.28. The summed E-state index contributed by atoms with van der Waals surface area (Å²) in [6.45, 7) is 2.25. The van der Waals surface area contributed by atoms with Crippen LogP contribution in [0, 0.1) is 6.92 Å². The number of hydrogen-bond donors (Lipinski definition) is 1. The van der Waals surface area contributed by atoms with E-state index in [1.807, 2.05) is 31.2 Å². The van der Waals surface area contributed by atoms with Gasteiger partial charge >= 0.3 is 6.03 Å². The minimum atomic E-state index is -0.555. The van der Waals surface area contributed by atoms with Gasteiger partial charge in [0.1, 0.15) is 0 Å². The van der Waals surface area contributed by atoms with E-state index in [9.17, 15) is 9.59 Å². The van der Waals surface area contributed by atoms with Crippen LogP contribution >= 0.6 is 12.2 Å². The van der Waals surface area contributed by atoms with Gasteiger partial charge in [-0.15, -0.1) is 0 Å². The third-order valence-corrected chi connectivity index (χ3v) is 4.43. The minimum Gasteiger partial charge on any atom is -0.270 e. The molecule has 2 aliphatic heterocycles. The number of benzene rings is 1. The lowest BCUT2D eigenvalue weighted by molar-refractivity contribution is -0.319. The molecule has 0 radical (unpaired) electrons. The lowest BCUT2D eigenvalue weighted by Crippen LogP contribution is -2.79. The lowest BCUT2D eigenvalue weighted by atomic mass is 10.1. The fourth-order valence-electron chi connectivity index (χ4n) is 2.66. The molecule has 114 valence electrons. The summed E-state index contributed by atoms with van der Waals surface area (Å²) in [5.74, 6) is 0.274. The summed E-state index contributed by atoms with van der Waals surface area (Å²) >= 11 is 5.17. The number of amides is 3. The third kappa shape index (κ3) is 2.18. The van der Waals surface area contributed by atoms with Crippen molar-refractivity contribution in [1.29, 1.82) is 0 Å². The molecule has 0 saturated carbocycles. The Morgan fingerprint density at radius 1 is 1.18 bits per heavy atom. The molecule has 3 rings (SSSR count). The molecule has 1 aromatic carbocycles. The van der Waals surface area contributed by atoms with Crippen molar-refractivity contribution in [3.05, 3.63) is 35.4 Å². The summed E-state index contributed by atoms with van der Waals surface area (Å²) in [7, 11) is 3.40. The number of amidine groups is 1. The number of rotatable bonds is 2. The van der Waals surface area contributed by atoms with Crippen LogP contribution in [0.5, 0.6) is 0 Å². The number of urea groups is 1. The zero-order chi connectivity index (χ0) is 16.0. The first-order valence-corrected chi connectivity index (χ1v) is 7.36. The van der Waals surface area contributed by atoms with E-state index in [1.165, 1.54) is 9.80 Å². The average molecular weight is 317 g/mol. The zero-order valence-corrected chi connectivity index (χ0v) is 13.5. The fourth-order valence-corrected chi connectivity index (χ4v) is 2.87. The van der Waals surface area contributed by atoms with Crippen molar-refractivity contribution in [2.75, 3.05) is 14.1 Å². The van der Waals surface area contributed by atoms with E-state index in [0.29, 0.717) is 10.9 Å². The smallest absolute Gasteiger partial charge is 0.270 e. The number of carbonyl (C=O) groups excluding carboxylic acids is 2. The molecule has 6 nitrogen and oxygen atoms in total. The summed E-state index contributed by atoms with van der Waals surface area (Å²) < 4.78 is 0. The molecule has 0 bridgehead atoms. The molecule has 3 amide bonds. The molecule has 1 N–H and O–H groups in total. The summed E-state index contributed by atoms with van der Waals surface area (Å²) in [6.07, 6.45) is 0. The molecule has 2 aliphatic rings. The Labute approximate surface area is 134 Å². The van der Waals surface area contributed by atoms with Gasteiger partial charge < -0.3 is 0 Å². The van der Waals surface area contributed by atoms with Gasteiger partial charge in [0.15, 0.2) is 0 Å². The standard InChI is InChI=1S/C15H16N4O2S/c1-9-4-6-10(7-5-9)8-19-13(20)11-12(18(3)15(19)21)16-14(22)17(11)2/h4-7,11H,8H2,1-3H3/p+1. The Balaban J connectivity index is 1.91. The molecule has 2 heterocycles. The first kappa shape index (κ1) is 14.6. The van der Waals surface area contributed by atoms with Crippen molar-refractivity contribution in [1.82, 2.24) is 14.7 Å². The SMILES string of the molecule is Cc1ccc(CN2C(=O)C3C(=[NH+]C(=S)N3C)N(C)C2=O)cc1. The van der Waals surface area contributed by atoms with Crippen LogP contribution in [0.1, 0.15) is 11.1 Å². The highest BCUT2D eigenvalue weighted by molar-refractivity contribution is 7.79. The van der Waals surface area contributed by atoms with Gasteiger partial charge in [-0.2, -0.15) is 0 Å². The molecule has 22 heavy (non-hydrogen) atoms. The Morgan fingerprint density at radius 3 is 2.45 bits per heavy atom. The van der Waals surface area contributed by atoms with Crippen molar-refractivity contribution in [2.45, 2.75) is 19.5 Å². The van der Waals surface area contributed by atoms with E-state index in [1.54, 1.807) is 19.0 Å². The van der Waals surface area contributed by atoms with Gasteiger partial charge in [0.25, 0.3) is 16.9 Å². The molecule has 0 aromatic heterocycles. The quantitative estimate of drug-likeness (QED) is 0.745. The van der Waals surface area contributed by atoms with Crippen molar-refractivity contribution in [3.63, 3.8) is 0 Å². The van der Waals surface area contributed by atoms with E-state index in [2.05, 4.69) is 4.99 Å². The highest BCUT2D eigenvalue weighted by Crippen LogP contribution is 2.19. The lowest BCUT2D eigenvalue weighted by Gasteiger charge is -2.32. The van der Waals surface area contributed by atoms with Crippen molar-refractivity contribution >= 4 is 35.1 Å². The number of fused-ring (bicyclic) bond motifs is 1. The summed E-state index contributed by atoms with van der Waals surface area (Å²) in [6, 6.07) is 6.89. The molecule has 7 heteroatoms. The Morgan fingerprint density at radius 2 is 1.82 bits per heavy atom. The molecule has 1 saturated heterocycles. The number of carbonyl (C=O) groups is 2. The van der Waals surface area contributed by atoms with Crippen molar-refractivity contribution < 1.29 is 14.6 Å². The average Bonchev–Trinajstić information content (AvgIpc) is 2.79. The zero-order valence-electron chi connectivity index (χ0n) is 12.7. The van der Waals surface area contributed by atoms with Gasteiger partial charge in [-0.25, -0.2) is 19.6 Å². The number of likely N-dealkylation sites (N-methyl/N-ethyl adjacent to an activating group) is 2. The highest BCUT2D eigenvalue weighted by atomic mass is 32.1. The minimum absolute atomic E-state index is 0.256. The number of nitrogens with one attached hydrogen (secondary N) is 1. The van der Waals surface area contributed by atoms with Crippen molar-refractivity contribution in [3.8, 4) is 0 Å². The first-order valence-electron chi connectivity index (χ1n) is 6.95. The van der Waals surface area contributed by atoms with Crippen LogP contribution in [-0.2, 0) is 11.3 Å². The number of imide groups is 1. The Kier molecular flexibility index (Phi) is 3.44. The second-order valence-electron chi connectivity index (χ2n) is 5.58. The van der Waals surface area contributed by atoms with Gasteiger partial charge in [0.05, 0.1) is 20.6 Å². The first-order chi connectivity index (χ1) is 10.4. The van der Waals surface area contributed by atoms with Gasteiger partial charge in [0, 0.05) is 0 Å². The predicted molar refractivity (Wildman–Crippen MR) is 85.0 cm³/mol. The molecule has 0 aliphatic carbocycles. The van der Waals surface area contributed by atoms with Gasteiger partial charge in [0.2, 0.25) is 6.04 Å². The van der Waals surface area contributed by atoms with Gasteiger partial charge in [-0.1, -0.05) is 29.8 Å². The number of thiocarbonyl (C=S) groups is 1. The molecule has 1 unspecified atom stereocenters. The third-order valence-electron chi connectivity index (χ3n) is 4.04. The molecular weight excluding hydrogens is 300 g/mol. The fraction of sp³-hybridized carbons (Fsp3) is 0.333. The van der Waals surface area contributed by atoms with Crippen LogP contribution in [0.4, 0.5) is 4.79 Å². The van der Waals surface area contributed by atoms with E-state index in [0.717, 1.165) is 11.1 Å². The molecule has 1 atom stereocenters. The molecule has 1 fully saturated rings. The number of nitrogens with zero attached hydrogens (tertiary/aromatic N) is 3. The normalized spacial score (nSPS) is 21.4. The monoisotopic (exact) mass is 317 g/mol. The Bertz CT molecular complexity index is 698. The van der Waals surface area contributed by atoms with Crippen LogP contribution in [-0.4, -0.2) is 57.7 Å².